The Labute approximate surface area is 107 Å². The fraction of sp³-hybridized carbons (Fsp3) is 0.357. The average molecular weight is 246 g/mol. The topological polar surface area (TPSA) is 47.3 Å². The van der Waals surface area contributed by atoms with Crippen molar-refractivity contribution in [1.29, 1.82) is 0 Å². The zero-order chi connectivity index (χ0) is 13.0. The zero-order valence-electron chi connectivity index (χ0n) is 10.9. The van der Waals surface area contributed by atoms with Gasteiger partial charge in [0.05, 0.1) is 25.1 Å². The Bertz CT molecular complexity index is 508. The maximum Gasteiger partial charge on any atom is 0.137 e. The molecule has 0 spiro atoms. The van der Waals surface area contributed by atoms with Gasteiger partial charge in [0.15, 0.2) is 0 Å². The first kappa shape index (κ1) is 12.6. The fourth-order valence-corrected chi connectivity index (χ4v) is 1.97. The maximum absolute atomic E-state index is 5.54. The molecule has 0 fully saturated rings. The molecule has 96 valence electrons. The molecule has 0 radical (unpaired) electrons. The molecule has 0 aliphatic rings. The minimum atomic E-state index is -0.00657. The van der Waals surface area contributed by atoms with Crippen molar-refractivity contribution < 1.29 is 9.15 Å². The van der Waals surface area contributed by atoms with Crippen LogP contribution in [0.5, 0.6) is 5.75 Å². The molecule has 0 aromatic carbocycles. The van der Waals surface area contributed by atoms with E-state index in [1.165, 1.54) is 0 Å². The van der Waals surface area contributed by atoms with Crippen molar-refractivity contribution >= 4 is 0 Å². The van der Waals surface area contributed by atoms with Crippen molar-refractivity contribution in [2.75, 3.05) is 13.7 Å². The second kappa shape index (κ2) is 5.69. The van der Waals surface area contributed by atoms with Gasteiger partial charge in [0.1, 0.15) is 11.5 Å². The maximum atomic E-state index is 5.54. The van der Waals surface area contributed by atoms with Gasteiger partial charge in [0, 0.05) is 6.20 Å². The molecule has 4 nitrogen and oxygen atoms in total. The second-order valence-corrected chi connectivity index (χ2v) is 4.08. The predicted molar refractivity (Wildman–Crippen MR) is 69.8 cm³/mol. The smallest absolute Gasteiger partial charge is 0.137 e. The highest BCUT2D eigenvalue weighted by molar-refractivity contribution is 5.33. The van der Waals surface area contributed by atoms with Crippen LogP contribution in [0, 0.1) is 6.92 Å². The van der Waals surface area contributed by atoms with Crippen molar-refractivity contribution in [3.05, 3.63) is 47.7 Å². The van der Waals surface area contributed by atoms with E-state index in [9.17, 15) is 0 Å². The van der Waals surface area contributed by atoms with Crippen LogP contribution in [0.2, 0.25) is 0 Å². The highest BCUT2D eigenvalue weighted by atomic mass is 16.5. The molecule has 0 amide bonds. The molecule has 2 aromatic heterocycles. The number of aryl methyl sites for hydroxylation is 1. The Balaban J connectivity index is 2.33. The van der Waals surface area contributed by atoms with Gasteiger partial charge in [-0.05, 0) is 44.2 Å². The molecule has 2 aromatic rings. The molecular formula is C14H18N2O2. The van der Waals surface area contributed by atoms with Crippen LogP contribution in [0.1, 0.15) is 29.9 Å². The Morgan fingerprint density at radius 1 is 1.44 bits per heavy atom. The number of ether oxygens (including phenoxy) is 1. The number of hydrogen-bond donors (Lipinski definition) is 1. The third kappa shape index (κ3) is 2.54. The lowest BCUT2D eigenvalue weighted by molar-refractivity contribution is 0.338. The van der Waals surface area contributed by atoms with Gasteiger partial charge in [-0.2, -0.15) is 0 Å². The van der Waals surface area contributed by atoms with Crippen LogP contribution in [0.15, 0.2) is 35.2 Å². The van der Waals surface area contributed by atoms with Gasteiger partial charge < -0.3 is 14.5 Å². The molecule has 4 heteroatoms. The number of pyridine rings is 1. The summed E-state index contributed by atoms with van der Waals surface area (Å²) < 4.78 is 11.0. The van der Waals surface area contributed by atoms with E-state index < -0.39 is 0 Å². The first-order valence-corrected chi connectivity index (χ1v) is 6.05. The van der Waals surface area contributed by atoms with E-state index in [4.69, 9.17) is 9.15 Å². The molecule has 0 aliphatic carbocycles. The van der Waals surface area contributed by atoms with Crippen molar-refractivity contribution in [3.8, 4) is 5.75 Å². The lowest BCUT2D eigenvalue weighted by Gasteiger charge is -2.15. The van der Waals surface area contributed by atoms with E-state index in [1.807, 2.05) is 39.2 Å². The number of aromatic nitrogens is 1. The van der Waals surface area contributed by atoms with Crippen LogP contribution >= 0.6 is 0 Å². The van der Waals surface area contributed by atoms with Crippen molar-refractivity contribution in [3.63, 3.8) is 0 Å². The van der Waals surface area contributed by atoms with Crippen LogP contribution in [-0.4, -0.2) is 18.6 Å². The summed E-state index contributed by atoms with van der Waals surface area (Å²) in [6, 6.07) is 3.94. The Morgan fingerprint density at radius 3 is 2.89 bits per heavy atom. The van der Waals surface area contributed by atoms with E-state index in [0.717, 1.165) is 22.6 Å². The number of rotatable bonds is 5. The molecule has 1 unspecified atom stereocenters. The molecule has 2 heterocycles. The van der Waals surface area contributed by atoms with E-state index in [1.54, 1.807) is 12.5 Å². The fourth-order valence-electron chi connectivity index (χ4n) is 1.97. The van der Waals surface area contributed by atoms with Gasteiger partial charge in [-0.3, -0.25) is 4.98 Å². The molecule has 1 N–H and O–H groups in total. The molecule has 2 rings (SSSR count). The molecule has 0 saturated carbocycles. The predicted octanol–water partition coefficient (Wildman–Crippen LogP) is 2.69. The molecular weight excluding hydrogens is 228 g/mol. The molecule has 1 atom stereocenters. The Morgan fingerprint density at radius 2 is 2.28 bits per heavy atom. The SMILES string of the molecule is CCOc1cncc(C(NC)c2occc2C)c1. The second-order valence-electron chi connectivity index (χ2n) is 4.08. The Hall–Kier alpha value is -1.81. The third-order valence-corrected chi connectivity index (χ3v) is 2.83. The minimum Gasteiger partial charge on any atom is -0.492 e. The van der Waals surface area contributed by atoms with Crippen LogP contribution in [0.3, 0.4) is 0 Å². The lowest BCUT2D eigenvalue weighted by atomic mass is 10.0. The first-order valence-electron chi connectivity index (χ1n) is 6.05. The van der Waals surface area contributed by atoms with Crippen LogP contribution in [-0.2, 0) is 0 Å². The minimum absolute atomic E-state index is 0.00657. The molecule has 18 heavy (non-hydrogen) atoms. The van der Waals surface area contributed by atoms with E-state index in [-0.39, 0.29) is 6.04 Å². The normalized spacial score (nSPS) is 12.4. The summed E-state index contributed by atoms with van der Waals surface area (Å²) in [4.78, 5) is 4.20. The van der Waals surface area contributed by atoms with Crippen molar-refractivity contribution in [2.45, 2.75) is 19.9 Å². The van der Waals surface area contributed by atoms with Gasteiger partial charge in [-0.15, -0.1) is 0 Å². The van der Waals surface area contributed by atoms with Crippen molar-refractivity contribution in [1.82, 2.24) is 10.3 Å². The van der Waals surface area contributed by atoms with Gasteiger partial charge in [-0.1, -0.05) is 0 Å². The van der Waals surface area contributed by atoms with Crippen LogP contribution in [0.25, 0.3) is 0 Å². The summed E-state index contributed by atoms with van der Waals surface area (Å²) in [5.41, 5.74) is 2.15. The molecule has 0 aliphatic heterocycles. The molecule has 0 bridgehead atoms. The first-order chi connectivity index (χ1) is 8.76. The number of nitrogens with zero attached hydrogens (tertiary/aromatic N) is 1. The summed E-state index contributed by atoms with van der Waals surface area (Å²) in [5.74, 6) is 1.69. The summed E-state index contributed by atoms with van der Waals surface area (Å²) in [5, 5.41) is 3.24. The van der Waals surface area contributed by atoms with Crippen LogP contribution in [0.4, 0.5) is 0 Å². The molecule has 0 saturated heterocycles. The number of hydrogen-bond acceptors (Lipinski definition) is 4. The van der Waals surface area contributed by atoms with Crippen molar-refractivity contribution in [2.24, 2.45) is 0 Å². The quantitative estimate of drug-likeness (QED) is 0.881. The third-order valence-electron chi connectivity index (χ3n) is 2.83. The van der Waals surface area contributed by atoms with E-state index in [0.29, 0.717) is 6.61 Å². The van der Waals surface area contributed by atoms with E-state index in [2.05, 4.69) is 10.3 Å². The highest BCUT2D eigenvalue weighted by Crippen LogP contribution is 2.26. The standard InChI is InChI=1S/C14H18N2O2/c1-4-17-12-7-11(8-16-9-12)13(15-3)14-10(2)5-6-18-14/h5-9,13,15H,4H2,1-3H3. The average Bonchev–Trinajstić information content (AvgIpc) is 2.78. The summed E-state index contributed by atoms with van der Waals surface area (Å²) in [6.07, 6.45) is 5.25. The number of nitrogens with one attached hydrogen (secondary N) is 1. The van der Waals surface area contributed by atoms with E-state index >= 15 is 0 Å². The lowest BCUT2D eigenvalue weighted by Crippen LogP contribution is -2.18. The zero-order valence-corrected chi connectivity index (χ0v) is 10.9. The summed E-state index contributed by atoms with van der Waals surface area (Å²) >= 11 is 0. The highest BCUT2D eigenvalue weighted by Gasteiger charge is 2.18. The van der Waals surface area contributed by atoms with Gasteiger partial charge >= 0.3 is 0 Å². The van der Waals surface area contributed by atoms with Gasteiger partial charge in [0.25, 0.3) is 0 Å². The monoisotopic (exact) mass is 246 g/mol. The van der Waals surface area contributed by atoms with Gasteiger partial charge in [-0.25, -0.2) is 0 Å². The van der Waals surface area contributed by atoms with Crippen LogP contribution < -0.4 is 10.1 Å². The largest absolute Gasteiger partial charge is 0.492 e. The van der Waals surface area contributed by atoms with Gasteiger partial charge in [0.2, 0.25) is 0 Å². The summed E-state index contributed by atoms with van der Waals surface area (Å²) in [7, 11) is 1.90. The number of furan rings is 1. The summed E-state index contributed by atoms with van der Waals surface area (Å²) in [6.45, 7) is 4.62. The Kier molecular flexibility index (Phi) is 3.99.